The average Bonchev–Trinajstić information content (AvgIpc) is 2.39. The molecule has 1 aliphatic heterocycles. The van der Waals surface area contributed by atoms with Crippen LogP contribution in [0.2, 0.25) is 0 Å². The van der Waals surface area contributed by atoms with Crippen LogP contribution in [0.5, 0.6) is 0 Å². The highest BCUT2D eigenvalue weighted by atomic mass is 32.2. The number of carbonyl (C=O) groups is 1. The highest BCUT2D eigenvalue weighted by Crippen LogP contribution is 2.30. The maximum absolute atomic E-state index is 12.5. The van der Waals surface area contributed by atoms with Gasteiger partial charge in [0.05, 0.1) is 5.56 Å². The molecule has 1 aliphatic rings. The van der Waals surface area contributed by atoms with Crippen LogP contribution in [0.25, 0.3) is 0 Å². The molecule has 104 valence electrons. The van der Waals surface area contributed by atoms with E-state index in [0.29, 0.717) is 13.1 Å². The first-order chi connectivity index (χ1) is 8.97. The Hall–Kier alpha value is -1.37. The van der Waals surface area contributed by atoms with Crippen LogP contribution >= 0.6 is 11.8 Å². The van der Waals surface area contributed by atoms with Gasteiger partial charge >= 0.3 is 12.2 Å². The molecule has 1 saturated heterocycles. The molecule has 0 spiro atoms. The summed E-state index contributed by atoms with van der Waals surface area (Å²) in [4.78, 5) is 13.5. The fourth-order valence-electron chi connectivity index (χ4n) is 1.74. The van der Waals surface area contributed by atoms with Crippen molar-refractivity contribution in [1.82, 2.24) is 4.90 Å². The maximum Gasteiger partial charge on any atom is 0.416 e. The van der Waals surface area contributed by atoms with Gasteiger partial charge in [0.2, 0.25) is 0 Å². The van der Waals surface area contributed by atoms with E-state index in [1.807, 2.05) is 0 Å². The van der Waals surface area contributed by atoms with Crippen LogP contribution in [-0.4, -0.2) is 35.5 Å². The fraction of sp³-hybridized carbons (Fsp3) is 0.417. The minimum absolute atomic E-state index is 0.165. The van der Waals surface area contributed by atoms with Gasteiger partial charge in [-0.05, 0) is 18.2 Å². The third kappa shape index (κ3) is 3.79. The second kappa shape index (κ2) is 5.73. The molecule has 7 heteroatoms. The minimum Gasteiger partial charge on any atom is -0.323 e. The Kier molecular flexibility index (Phi) is 4.24. The summed E-state index contributed by atoms with van der Waals surface area (Å²) in [7, 11) is 0. The zero-order valence-electron chi connectivity index (χ0n) is 10.0. The first kappa shape index (κ1) is 14.0. The van der Waals surface area contributed by atoms with Crippen LogP contribution in [-0.2, 0) is 6.18 Å². The van der Waals surface area contributed by atoms with E-state index in [0.717, 1.165) is 23.6 Å². The number of anilines is 1. The lowest BCUT2D eigenvalue weighted by Gasteiger charge is -2.26. The van der Waals surface area contributed by atoms with Gasteiger partial charge in [-0.1, -0.05) is 6.07 Å². The van der Waals surface area contributed by atoms with Crippen LogP contribution < -0.4 is 5.32 Å². The van der Waals surface area contributed by atoms with Crippen molar-refractivity contribution < 1.29 is 18.0 Å². The number of hydrogen-bond donors (Lipinski definition) is 1. The summed E-state index contributed by atoms with van der Waals surface area (Å²) in [5.41, 5.74) is -0.599. The maximum atomic E-state index is 12.5. The van der Waals surface area contributed by atoms with Gasteiger partial charge < -0.3 is 10.2 Å². The molecule has 19 heavy (non-hydrogen) atoms. The summed E-state index contributed by atoms with van der Waals surface area (Å²) in [5.74, 6) is 1.71. The summed E-state index contributed by atoms with van der Waals surface area (Å²) in [6.45, 7) is 1.24. The summed E-state index contributed by atoms with van der Waals surface area (Å²) < 4.78 is 37.6. The Labute approximate surface area is 113 Å². The Morgan fingerprint density at radius 2 is 1.95 bits per heavy atom. The molecular formula is C12H13F3N2OS. The summed E-state index contributed by atoms with van der Waals surface area (Å²) >= 11 is 1.76. The predicted molar refractivity (Wildman–Crippen MR) is 69.4 cm³/mol. The highest BCUT2D eigenvalue weighted by Gasteiger charge is 2.30. The lowest BCUT2D eigenvalue weighted by atomic mass is 10.2. The van der Waals surface area contributed by atoms with E-state index in [1.54, 1.807) is 16.7 Å². The zero-order chi connectivity index (χ0) is 13.9. The average molecular weight is 290 g/mol. The van der Waals surface area contributed by atoms with Crippen LogP contribution in [0.3, 0.4) is 0 Å². The Morgan fingerprint density at radius 1 is 1.26 bits per heavy atom. The predicted octanol–water partition coefficient (Wildman–Crippen LogP) is 3.29. The molecule has 0 aliphatic carbocycles. The standard InChI is InChI=1S/C12H13F3N2OS/c13-12(14,15)9-2-1-3-10(8-9)16-11(18)17-4-6-19-7-5-17/h1-3,8H,4-7H2,(H,16,18). The summed E-state index contributed by atoms with van der Waals surface area (Å²) in [5, 5.41) is 2.50. The number of amides is 2. The molecule has 1 heterocycles. The van der Waals surface area contributed by atoms with Gasteiger partial charge in [0.15, 0.2) is 0 Å². The Morgan fingerprint density at radius 3 is 2.58 bits per heavy atom. The Bertz CT molecular complexity index is 459. The highest BCUT2D eigenvalue weighted by molar-refractivity contribution is 7.99. The molecular weight excluding hydrogens is 277 g/mol. The fourth-order valence-corrected chi connectivity index (χ4v) is 2.65. The molecule has 0 unspecified atom stereocenters. The number of alkyl halides is 3. The monoisotopic (exact) mass is 290 g/mol. The molecule has 0 bridgehead atoms. The van der Waals surface area contributed by atoms with Gasteiger partial charge in [-0.15, -0.1) is 0 Å². The van der Waals surface area contributed by atoms with Gasteiger partial charge in [0.25, 0.3) is 0 Å². The van der Waals surface area contributed by atoms with Crippen LogP contribution in [0.15, 0.2) is 24.3 Å². The molecule has 1 N–H and O–H groups in total. The quantitative estimate of drug-likeness (QED) is 0.861. The van der Waals surface area contributed by atoms with E-state index in [2.05, 4.69) is 5.32 Å². The van der Waals surface area contributed by atoms with Crippen molar-refractivity contribution in [3.05, 3.63) is 29.8 Å². The molecule has 0 aromatic heterocycles. The largest absolute Gasteiger partial charge is 0.416 e. The normalized spacial score (nSPS) is 16.3. The third-order valence-corrected chi connectivity index (χ3v) is 3.68. The Balaban J connectivity index is 2.04. The molecule has 3 nitrogen and oxygen atoms in total. The van der Waals surface area contributed by atoms with Crippen LogP contribution in [0.1, 0.15) is 5.56 Å². The molecule has 2 amide bonds. The van der Waals surface area contributed by atoms with Crippen LogP contribution in [0.4, 0.5) is 23.7 Å². The molecule has 0 radical (unpaired) electrons. The number of halogens is 3. The van der Waals surface area contributed by atoms with E-state index in [4.69, 9.17) is 0 Å². The van der Waals surface area contributed by atoms with Crippen LogP contribution in [0, 0.1) is 0 Å². The number of nitrogens with zero attached hydrogens (tertiary/aromatic N) is 1. The van der Waals surface area contributed by atoms with Crippen molar-refractivity contribution in [2.75, 3.05) is 29.9 Å². The van der Waals surface area contributed by atoms with E-state index in [1.165, 1.54) is 12.1 Å². The van der Waals surface area contributed by atoms with E-state index < -0.39 is 11.7 Å². The molecule has 1 aromatic rings. The van der Waals surface area contributed by atoms with Gasteiger partial charge in [-0.2, -0.15) is 24.9 Å². The number of benzene rings is 1. The molecule has 2 rings (SSSR count). The number of rotatable bonds is 1. The van der Waals surface area contributed by atoms with Gasteiger partial charge in [-0.25, -0.2) is 4.79 Å². The number of carbonyl (C=O) groups excluding carboxylic acids is 1. The molecule has 0 saturated carbocycles. The third-order valence-electron chi connectivity index (χ3n) is 2.74. The number of nitrogens with one attached hydrogen (secondary N) is 1. The lowest BCUT2D eigenvalue weighted by Crippen LogP contribution is -2.40. The summed E-state index contributed by atoms with van der Waals surface area (Å²) in [6.07, 6.45) is -4.40. The molecule has 0 atom stereocenters. The van der Waals surface area contributed by atoms with Gasteiger partial charge in [0.1, 0.15) is 0 Å². The van der Waals surface area contributed by atoms with E-state index in [9.17, 15) is 18.0 Å². The van der Waals surface area contributed by atoms with E-state index >= 15 is 0 Å². The topological polar surface area (TPSA) is 32.3 Å². The molecule has 1 aromatic carbocycles. The lowest BCUT2D eigenvalue weighted by molar-refractivity contribution is -0.137. The summed E-state index contributed by atoms with van der Waals surface area (Å²) in [6, 6.07) is 4.31. The van der Waals surface area contributed by atoms with Crippen molar-refractivity contribution in [2.24, 2.45) is 0 Å². The van der Waals surface area contributed by atoms with E-state index in [-0.39, 0.29) is 11.7 Å². The first-order valence-corrected chi connectivity index (χ1v) is 6.93. The number of hydrogen-bond acceptors (Lipinski definition) is 2. The molecule has 1 fully saturated rings. The van der Waals surface area contributed by atoms with Gasteiger partial charge in [0, 0.05) is 30.3 Å². The van der Waals surface area contributed by atoms with Crippen molar-refractivity contribution in [3.63, 3.8) is 0 Å². The second-order valence-electron chi connectivity index (χ2n) is 4.11. The first-order valence-electron chi connectivity index (χ1n) is 5.78. The number of urea groups is 1. The zero-order valence-corrected chi connectivity index (χ0v) is 10.9. The van der Waals surface area contributed by atoms with Gasteiger partial charge in [-0.3, -0.25) is 0 Å². The van der Waals surface area contributed by atoms with Crippen molar-refractivity contribution in [3.8, 4) is 0 Å². The van der Waals surface area contributed by atoms with Crippen molar-refractivity contribution in [2.45, 2.75) is 6.18 Å². The second-order valence-corrected chi connectivity index (χ2v) is 5.33. The SMILES string of the molecule is O=C(Nc1cccc(C(F)(F)F)c1)N1CCSCC1. The smallest absolute Gasteiger partial charge is 0.323 e. The van der Waals surface area contributed by atoms with Crippen molar-refractivity contribution >= 4 is 23.5 Å². The van der Waals surface area contributed by atoms with Crippen molar-refractivity contribution in [1.29, 1.82) is 0 Å². The minimum atomic E-state index is -4.40. The number of thioether (sulfide) groups is 1.